The van der Waals surface area contributed by atoms with Gasteiger partial charge in [0.05, 0.1) is 0 Å². The van der Waals surface area contributed by atoms with E-state index in [9.17, 15) is 5.26 Å². The minimum Gasteiger partial charge on any atom is -0.381 e. The molecule has 0 unspecified atom stereocenters. The summed E-state index contributed by atoms with van der Waals surface area (Å²) in [5, 5.41) is 13.7. The molecule has 1 aliphatic heterocycles. The number of aromatic amines is 1. The summed E-state index contributed by atoms with van der Waals surface area (Å²) >= 11 is 0. The lowest BCUT2D eigenvalue weighted by molar-refractivity contribution is 0.0904. The Morgan fingerprint density at radius 2 is 2.06 bits per heavy atom. The Kier molecular flexibility index (Phi) is 2.91. The van der Waals surface area contributed by atoms with Gasteiger partial charge in [0.15, 0.2) is 0 Å². The summed E-state index contributed by atoms with van der Waals surface area (Å²) in [4.78, 5) is 3.29. The number of nitriles is 1. The number of ether oxygens (including phenoxy) is 1. The van der Waals surface area contributed by atoms with Gasteiger partial charge in [0.1, 0.15) is 17.5 Å². The van der Waals surface area contributed by atoms with E-state index in [0.717, 1.165) is 42.8 Å². The summed E-state index contributed by atoms with van der Waals surface area (Å²) in [5.41, 5.74) is 1.71. The summed E-state index contributed by atoms with van der Waals surface area (Å²) in [5.74, 6) is 0.839. The molecular formula is C14H15N3O. The van der Waals surface area contributed by atoms with Crippen LogP contribution >= 0.6 is 0 Å². The number of rotatable bonds is 2. The van der Waals surface area contributed by atoms with Crippen molar-refractivity contribution in [1.29, 1.82) is 5.26 Å². The zero-order chi connectivity index (χ0) is 12.4. The molecule has 1 saturated heterocycles. The average Bonchev–Trinajstić information content (AvgIpc) is 2.77. The molecule has 0 bridgehead atoms. The first-order chi connectivity index (χ1) is 8.88. The van der Waals surface area contributed by atoms with Crippen molar-refractivity contribution in [2.24, 2.45) is 0 Å². The van der Waals surface area contributed by atoms with Crippen molar-refractivity contribution in [2.75, 3.05) is 18.5 Å². The van der Waals surface area contributed by atoms with Gasteiger partial charge in [0.2, 0.25) is 0 Å². The molecule has 18 heavy (non-hydrogen) atoms. The van der Waals surface area contributed by atoms with Gasteiger partial charge >= 0.3 is 0 Å². The van der Waals surface area contributed by atoms with Gasteiger partial charge in [-0.15, -0.1) is 0 Å². The fraction of sp³-hybridized carbons (Fsp3) is 0.357. The highest BCUT2D eigenvalue weighted by molar-refractivity contribution is 5.91. The quantitative estimate of drug-likeness (QED) is 0.849. The summed E-state index contributed by atoms with van der Waals surface area (Å²) in [6.07, 6.45) is 1.97. The first-order valence-corrected chi connectivity index (χ1v) is 6.23. The van der Waals surface area contributed by atoms with Crippen molar-refractivity contribution in [1.82, 2.24) is 4.98 Å². The number of hydrogen-bond acceptors (Lipinski definition) is 3. The van der Waals surface area contributed by atoms with E-state index in [-0.39, 0.29) is 0 Å². The molecule has 0 radical (unpaired) electrons. The van der Waals surface area contributed by atoms with Gasteiger partial charge in [-0.1, -0.05) is 18.2 Å². The monoisotopic (exact) mass is 241 g/mol. The van der Waals surface area contributed by atoms with Crippen LogP contribution in [0.4, 0.5) is 5.82 Å². The Balaban J connectivity index is 1.93. The summed E-state index contributed by atoms with van der Waals surface area (Å²) in [6, 6.07) is 10.6. The number of anilines is 1. The third-order valence-electron chi connectivity index (χ3n) is 3.39. The van der Waals surface area contributed by atoms with Crippen LogP contribution in [0.5, 0.6) is 0 Å². The average molecular weight is 241 g/mol. The van der Waals surface area contributed by atoms with E-state index in [4.69, 9.17) is 4.74 Å². The fourth-order valence-electron chi connectivity index (χ4n) is 2.41. The highest BCUT2D eigenvalue weighted by Crippen LogP contribution is 2.26. The molecule has 92 valence electrons. The highest BCUT2D eigenvalue weighted by atomic mass is 16.5. The van der Waals surface area contributed by atoms with Crippen molar-refractivity contribution in [3.05, 3.63) is 29.8 Å². The maximum absolute atomic E-state index is 9.30. The number of aromatic nitrogens is 1. The first kappa shape index (κ1) is 11.1. The van der Waals surface area contributed by atoms with E-state index in [2.05, 4.69) is 16.4 Å². The van der Waals surface area contributed by atoms with Gasteiger partial charge in [-0.3, -0.25) is 0 Å². The Hall–Kier alpha value is -1.99. The molecule has 3 rings (SSSR count). The van der Waals surface area contributed by atoms with Gasteiger partial charge in [0, 0.05) is 30.2 Å². The Labute approximate surface area is 106 Å². The summed E-state index contributed by atoms with van der Waals surface area (Å²) < 4.78 is 5.34. The molecule has 0 spiro atoms. The van der Waals surface area contributed by atoms with Crippen LogP contribution in [0.25, 0.3) is 10.9 Å². The van der Waals surface area contributed by atoms with E-state index in [1.807, 2.05) is 24.3 Å². The van der Waals surface area contributed by atoms with E-state index in [1.165, 1.54) is 0 Å². The SMILES string of the molecule is N#Cc1c(NC2CCOCC2)[nH]c2ccccc12. The molecule has 1 fully saturated rings. The second-order valence-electron chi connectivity index (χ2n) is 4.56. The summed E-state index contributed by atoms with van der Waals surface area (Å²) in [7, 11) is 0. The third kappa shape index (κ3) is 1.93. The molecule has 4 nitrogen and oxygen atoms in total. The van der Waals surface area contributed by atoms with Crippen LogP contribution in [0.1, 0.15) is 18.4 Å². The van der Waals surface area contributed by atoms with Crippen LogP contribution in [0, 0.1) is 11.3 Å². The van der Waals surface area contributed by atoms with Crippen molar-refractivity contribution in [3.63, 3.8) is 0 Å². The van der Waals surface area contributed by atoms with Crippen LogP contribution < -0.4 is 5.32 Å². The van der Waals surface area contributed by atoms with E-state index in [1.54, 1.807) is 0 Å². The summed E-state index contributed by atoms with van der Waals surface area (Å²) in [6.45, 7) is 1.58. The molecule has 2 N–H and O–H groups in total. The largest absolute Gasteiger partial charge is 0.381 e. The van der Waals surface area contributed by atoms with Crippen molar-refractivity contribution < 1.29 is 4.74 Å². The predicted molar refractivity (Wildman–Crippen MR) is 70.5 cm³/mol. The maximum atomic E-state index is 9.30. The van der Waals surface area contributed by atoms with Gasteiger partial charge in [-0.2, -0.15) is 5.26 Å². The molecule has 1 aromatic heterocycles. The van der Waals surface area contributed by atoms with E-state index >= 15 is 0 Å². The van der Waals surface area contributed by atoms with Crippen LogP contribution in [0.2, 0.25) is 0 Å². The molecule has 0 atom stereocenters. The Bertz CT molecular complexity index is 591. The molecule has 2 heterocycles. The smallest absolute Gasteiger partial charge is 0.122 e. The fourth-order valence-corrected chi connectivity index (χ4v) is 2.41. The third-order valence-corrected chi connectivity index (χ3v) is 3.39. The zero-order valence-corrected chi connectivity index (χ0v) is 10.1. The Morgan fingerprint density at radius 1 is 1.28 bits per heavy atom. The molecule has 1 aromatic carbocycles. The van der Waals surface area contributed by atoms with Gasteiger partial charge in [0.25, 0.3) is 0 Å². The maximum Gasteiger partial charge on any atom is 0.122 e. The number of H-pyrrole nitrogens is 1. The second-order valence-corrected chi connectivity index (χ2v) is 4.56. The standard InChI is InChI=1S/C14H15N3O/c15-9-12-11-3-1-2-4-13(11)17-14(12)16-10-5-7-18-8-6-10/h1-4,10,16-17H,5-8H2. The highest BCUT2D eigenvalue weighted by Gasteiger charge is 2.17. The normalized spacial score (nSPS) is 16.6. The molecular weight excluding hydrogens is 226 g/mol. The number of hydrogen-bond donors (Lipinski definition) is 2. The minimum absolute atomic E-state index is 0.388. The molecule has 0 amide bonds. The number of nitrogens with zero attached hydrogens (tertiary/aromatic N) is 1. The van der Waals surface area contributed by atoms with E-state index in [0.29, 0.717) is 11.6 Å². The first-order valence-electron chi connectivity index (χ1n) is 6.23. The number of para-hydroxylation sites is 1. The topological polar surface area (TPSA) is 60.8 Å². The van der Waals surface area contributed by atoms with Gasteiger partial charge in [-0.05, 0) is 18.9 Å². The number of nitrogens with one attached hydrogen (secondary N) is 2. The molecule has 1 aliphatic rings. The lowest BCUT2D eigenvalue weighted by Crippen LogP contribution is -2.28. The van der Waals surface area contributed by atoms with Gasteiger partial charge in [-0.25, -0.2) is 0 Å². The van der Waals surface area contributed by atoms with E-state index < -0.39 is 0 Å². The minimum atomic E-state index is 0.388. The second kappa shape index (κ2) is 4.71. The van der Waals surface area contributed by atoms with Crippen LogP contribution in [0.3, 0.4) is 0 Å². The predicted octanol–water partition coefficient (Wildman–Crippen LogP) is 2.63. The lowest BCUT2D eigenvalue weighted by atomic mass is 10.1. The zero-order valence-electron chi connectivity index (χ0n) is 10.1. The van der Waals surface area contributed by atoms with Crippen LogP contribution in [-0.2, 0) is 4.74 Å². The number of benzene rings is 1. The van der Waals surface area contributed by atoms with Crippen molar-refractivity contribution in [3.8, 4) is 6.07 Å². The van der Waals surface area contributed by atoms with Gasteiger partial charge < -0.3 is 15.0 Å². The molecule has 4 heteroatoms. The lowest BCUT2D eigenvalue weighted by Gasteiger charge is -2.23. The number of fused-ring (bicyclic) bond motifs is 1. The van der Waals surface area contributed by atoms with Crippen LogP contribution in [-0.4, -0.2) is 24.2 Å². The van der Waals surface area contributed by atoms with Crippen LogP contribution in [0.15, 0.2) is 24.3 Å². The van der Waals surface area contributed by atoms with Crippen molar-refractivity contribution in [2.45, 2.75) is 18.9 Å². The Morgan fingerprint density at radius 3 is 2.83 bits per heavy atom. The molecule has 2 aromatic rings. The molecule has 0 saturated carbocycles. The van der Waals surface area contributed by atoms with Crippen molar-refractivity contribution >= 4 is 16.7 Å². The molecule has 0 aliphatic carbocycles.